The molecule has 0 radical (unpaired) electrons. The summed E-state index contributed by atoms with van der Waals surface area (Å²) in [7, 11) is 1.63. The highest BCUT2D eigenvalue weighted by Crippen LogP contribution is 2.24. The average molecular weight is 304 g/mol. The summed E-state index contributed by atoms with van der Waals surface area (Å²) in [4.78, 5) is 6.35. The fourth-order valence-corrected chi connectivity index (χ4v) is 3.15. The third-order valence-electron chi connectivity index (χ3n) is 4.15. The van der Waals surface area contributed by atoms with Gasteiger partial charge in [-0.05, 0) is 43.5 Å². The number of benzene rings is 1. The van der Waals surface area contributed by atoms with Crippen molar-refractivity contribution in [3.05, 3.63) is 42.2 Å². The number of methoxy groups -OCH3 is 1. The lowest BCUT2D eigenvalue weighted by Crippen LogP contribution is -2.36. The summed E-state index contributed by atoms with van der Waals surface area (Å²) in [6.45, 7) is 3.62. The molecule has 2 aromatic rings. The van der Waals surface area contributed by atoms with E-state index < -0.39 is 0 Å². The second kappa shape index (κ2) is 6.87. The third kappa shape index (κ3) is 3.62. The van der Waals surface area contributed by atoms with Gasteiger partial charge in [-0.2, -0.15) is 5.10 Å². The van der Waals surface area contributed by atoms with Crippen LogP contribution in [0.15, 0.2) is 30.9 Å². The van der Waals surface area contributed by atoms with Gasteiger partial charge in [0.25, 0.3) is 0 Å². The topological polar surface area (TPSA) is 43.2 Å². The van der Waals surface area contributed by atoms with E-state index in [4.69, 9.17) is 4.74 Å². The summed E-state index contributed by atoms with van der Waals surface area (Å²) in [5, 5.41) is 4.18. The average Bonchev–Trinajstić information content (AvgIpc) is 3.01. The number of piperidine rings is 1. The molecule has 0 spiro atoms. The van der Waals surface area contributed by atoms with Crippen LogP contribution in [0.3, 0.4) is 0 Å². The number of hydrogen-bond acceptors (Lipinski definition) is 4. The molecular formula is C16H21FN4O. The molecule has 5 nitrogen and oxygen atoms in total. The minimum atomic E-state index is -0.216. The molecule has 0 bridgehead atoms. The maximum atomic E-state index is 13.5. The quantitative estimate of drug-likeness (QED) is 0.850. The predicted octanol–water partition coefficient (Wildman–Crippen LogP) is 2.34. The number of halogens is 1. The van der Waals surface area contributed by atoms with E-state index >= 15 is 0 Å². The molecule has 1 atom stereocenters. The molecule has 0 unspecified atom stereocenters. The zero-order valence-electron chi connectivity index (χ0n) is 12.8. The lowest BCUT2D eigenvalue weighted by molar-refractivity contribution is 0.152. The fraction of sp³-hybridized carbons (Fsp3) is 0.500. The molecule has 3 rings (SSSR count). The second-order valence-corrected chi connectivity index (χ2v) is 5.82. The summed E-state index contributed by atoms with van der Waals surface area (Å²) < 4.78 is 20.7. The Kier molecular flexibility index (Phi) is 4.68. The molecule has 1 aromatic carbocycles. The first-order valence-electron chi connectivity index (χ1n) is 7.62. The summed E-state index contributed by atoms with van der Waals surface area (Å²) in [5.41, 5.74) is 0.906. The van der Waals surface area contributed by atoms with Crippen LogP contribution >= 0.6 is 0 Å². The van der Waals surface area contributed by atoms with Gasteiger partial charge < -0.3 is 4.74 Å². The standard InChI is InChI=1S/C16H21FN4O/c1-22-16-5-4-15(17)7-14(16)10-20-6-2-3-13(8-20)9-21-12-18-11-19-21/h4-5,7,11-13H,2-3,6,8-10H2,1H3/t13-/m1/s1. The molecular weight excluding hydrogens is 283 g/mol. The normalized spacial score (nSPS) is 19.3. The molecule has 118 valence electrons. The van der Waals surface area contributed by atoms with E-state index in [-0.39, 0.29) is 5.82 Å². The van der Waals surface area contributed by atoms with Crippen molar-refractivity contribution in [2.75, 3.05) is 20.2 Å². The largest absolute Gasteiger partial charge is 0.496 e. The molecule has 1 aliphatic rings. The van der Waals surface area contributed by atoms with Crippen LogP contribution in [0.5, 0.6) is 5.75 Å². The molecule has 6 heteroatoms. The van der Waals surface area contributed by atoms with Gasteiger partial charge in [0, 0.05) is 25.2 Å². The Balaban J connectivity index is 1.64. The van der Waals surface area contributed by atoms with Crippen LogP contribution in [0.25, 0.3) is 0 Å². The predicted molar refractivity (Wildman–Crippen MR) is 81.0 cm³/mol. The molecule has 1 aliphatic heterocycles. The molecule has 0 amide bonds. The second-order valence-electron chi connectivity index (χ2n) is 5.82. The van der Waals surface area contributed by atoms with E-state index in [1.807, 2.05) is 4.68 Å². The molecule has 1 aromatic heterocycles. The van der Waals surface area contributed by atoms with Crippen molar-refractivity contribution in [3.63, 3.8) is 0 Å². The molecule has 2 heterocycles. The lowest BCUT2D eigenvalue weighted by atomic mass is 9.97. The number of likely N-dealkylation sites (tertiary alicyclic amines) is 1. The number of hydrogen-bond donors (Lipinski definition) is 0. The molecule has 0 aliphatic carbocycles. The van der Waals surface area contributed by atoms with Crippen LogP contribution in [0, 0.1) is 11.7 Å². The van der Waals surface area contributed by atoms with Gasteiger partial charge in [0.2, 0.25) is 0 Å². The summed E-state index contributed by atoms with van der Waals surface area (Å²) in [5.74, 6) is 1.08. The van der Waals surface area contributed by atoms with Crippen LogP contribution in [0.1, 0.15) is 18.4 Å². The number of aromatic nitrogens is 3. The van der Waals surface area contributed by atoms with Crippen LogP contribution in [0.4, 0.5) is 4.39 Å². The van der Waals surface area contributed by atoms with Crippen molar-refractivity contribution in [1.82, 2.24) is 19.7 Å². The molecule has 1 saturated heterocycles. The minimum absolute atomic E-state index is 0.216. The van der Waals surface area contributed by atoms with Crippen molar-refractivity contribution < 1.29 is 9.13 Å². The van der Waals surface area contributed by atoms with Gasteiger partial charge in [-0.25, -0.2) is 9.37 Å². The van der Waals surface area contributed by atoms with Crippen molar-refractivity contribution in [3.8, 4) is 5.75 Å². The molecule has 22 heavy (non-hydrogen) atoms. The van der Waals surface area contributed by atoms with E-state index in [1.54, 1.807) is 31.9 Å². The first-order valence-corrected chi connectivity index (χ1v) is 7.62. The number of nitrogens with zero attached hydrogens (tertiary/aromatic N) is 4. The zero-order valence-corrected chi connectivity index (χ0v) is 12.8. The van der Waals surface area contributed by atoms with E-state index in [0.717, 1.165) is 43.9 Å². The number of ether oxygens (including phenoxy) is 1. The van der Waals surface area contributed by atoms with Crippen molar-refractivity contribution in [2.24, 2.45) is 5.92 Å². The maximum absolute atomic E-state index is 13.5. The lowest BCUT2D eigenvalue weighted by Gasteiger charge is -2.32. The maximum Gasteiger partial charge on any atom is 0.137 e. The smallest absolute Gasteiger partial charge is 0.137 e. The Bertz CT molecular complexity index is 602. The SMILES string of the molecule is COc1ccc(F)cc1CN1CCC[C@@H](Cn2cncn2)C1. The van der Waals surface area contributed by atoms with Crippen LogP contribution in [-0.2, 0) is 13.1 Å². The summed E-state index contributed by atoms with van der Waals surface area (Å²) in [6, 6.07) is 4.70. The van der Waals surface area contributed by atoms with Gasteiger partial charge in [0.05, 0.1) is 7.11 Å². The molecule has 1 fully saturated rings. The van der Waals surface area contributed by atoms with Gasteiger partial charge in [0.1, 0.15) is 24.2 Å². The van der Waals surface area contributed by atoms with E-state index in [0.29, 0.717) is 5.92 Å². The van der Waals surface area contributed by atoms with Gasteiger partial charge in [-0.15, -0.1) is 0 Å². The Hall–Kier alpha value is -1.95. The third-order valence-corrected chi connectivity index (χ3v) is 4.15. The fourth-order valence-electron chi connectivity index (χ4n) is 3.15. The highest BCUT2D eigenvalue weighted by Gasteiger charge is 2.21. The Morgan fingerprint density at radius 2 is 2.32 bits per heavy atom. The highest BCUT2D eigenvalue weighted by atomic mass is 19.1. The Labute approximate surface area is 129 Å². The first-order chi connectivity index (χ1) is 10.7. The highest BCUT2D eigenvalue weighted by molar-refractivity contribution is 5.33. The molecule has 0 N–H and O–H groups in total. The monoisotopic (exact) mass is 304 g/mol. The number of rotatable bonds is 5. The van der Waals surface area contributed by atoms with E-state index in [9.17, 15) is 4.39 Å². The van der Waals surface area contributed by atoms with Gasteiger partial charge in [-0.3, -0.25) is 9.58 Å². The summed E-state index contributed by atoms with van der Waals surface area (Å²) >= 11 is 0. The van der Waals surface area contributed by atoms with Gasteiger partial charge in [0.15, 0.2) is 0 Å². The Morgan fingerprint density at radius 3 is 3.09 bits per heavy atom. The van der Waals surface area contributed by atoms with Crippen LogP contribution in [0.2, 0.25) is 0 Å². The van der Waals surface area contributed by atoms with Gasteiger partial charge in [-0.1, -0.05) is 0 Å². The minimum Gasteiger partial charge on any atom is -0.496 e. The van der Waals surface area contributed by atoms with Crippen LogP contribution in [-0.4, -0.2) is 39.9 Å². The van der Waals surface area contributed by atoms with Crippen molar-refractivity contribution >= 4 is 0 Å². The van der Waals surface area contributed by atoms with Crippen LogP contribution < -0.4 is 4.74 Å². The van der Waals surface area contributed by atoms with E-state index in [2.05, 4.69) is 15.0 Å². The van der Waals surface area contributed by atoms with Crippen molar-refractivity contribution in [1.29, 1.82) is 0 Å². The Morgan fingerprint density at radius 1 is 1.41 bits per heavy atom. The molecule has 0 saturated carbocycles. The first kappa shape index (κ1) is 15.0. The zero-order chi connectivity index (χ0) is 15.4. The summed E-state index contributed by atoms with van der Waals surface area (Å²) in [6.07, 6.45) is 5.67. The van der Waals surface area contributed by atoms with Gasteiger partial charge >= 0.3 is 0 Å². The van der Waals surface area contributed by atoms with E-state index in [1.165, 1.54) is 12.5 Å². The van der Waals surface area contributed by atoms with Crippen molar-refractivity contribution in [2.45, 2.75) is 25.9 Å².